The van der Waals surface area contributed by atoms with Crippen molar-refractivity contribution < 1.29 is 14.4 Å². The van der Waals surface area contributed by atoms with Gasteiger partial charge in [-0.25, -0.2) is 0 Å². The number of hydrogen-bond acceptors (Lipinski definition) is 4. The van der Waals surface area contributed by atoms with E-state index in [0.29, 0.717) is 10.6 Å². The fourth-order valence-electron chi connectivity index (χ4n) is 1.38. The van der Waals surface area contributed by atoms with Gasteiger partial charge in [-0.15, -0.1) is 4.92 Å². The molecule has 1 saturated heterocycles. The standard InChI is InChI=1S/C10H9ClNO4/c11-9-4-2-1-3-8(9)10-15-5-7(6-16-10)12(13)14/h1-4,10H,5-6H2/q-1. The summed E-state index contributed by atoms with van der Waals surface area (Å²) in [5.41, 5.74) is 0.687. The molecular weight excluding hydrogens is 234 g/mol. The number of nitro groups is 1. The van der Waals surface area contributed by atoms with Crippen LogP contribution in [0.1, 0.15) is 11.9 Å². The van der Waals surface area contributed by atoms with Crippen molar-refractivity contribution in [2.24, 2.45) is 0 Å². The minimum Gasteiger partial charge on any atom is -0.372 e. The van der Waals surface area contributed by atoms with Gasteiger partial charge < -0.3 is 9.47 Å². The van der Waals surface area contributed by atoms with Crippen LogP contribution < -0.4 is 0 Å². The molecule has 5 nitrogen and oxygen atoms in total. The molecule has 0 N–H and O–H groups in total. The smallest absolute Gasteiger partial charge is 0.180 e. The van der Waals surface area contributed by atoms with E-state index < -0.39 is 11.2 Å². The highest BCUT2D eigenvalue weighted by molar-refractivity contribution is 6.31. The molecule has 0 aromatic heterocycles. The average molecular weight is 243 g/mol. The minimum absolute atomic E-state index is 0.0169. The van der Waals surface area contributed by atoms with Crippen molar-refractivity contribution in [2.75, 3.05) is 13.2 Å². The van der Waals surface area contributed by atoms with Crippen LogP contribution in [0.4, 0.5) is 0 Å². The molecule has 16 heavy (non-hydrogen) atoms. The molecule has 1 aliphatic rings. The quantitative estimate of drug-likeness (QED) is 0.453. The second-order valence-corrected chi connectivity index (χ2v) is 3.71. The van der Waals surface area contributed by atoms with Crippen molar-refractivity contribution in [1.82, 2.24) is 0 Å². The molecule has 0 aliphatic carbocycles. The van der Waals surface area contributed by atoms with Crippen molar-refractivity contribution in [3.05, 3.63) is 51.0 Å². The zero-order valence-electron chi connectivity index (χ0n) is 8.26. The van der Waals surface area contributed by atoms with Gasteiger partial charge in [0.15, 0.2) is 6.29 Å². The first-order chi connectivity index (χ1) is 7.68. The zero-order valence-corrected chi connectivity index (χ0v) is 9.02. The third-order valence-corrected chi connectivity index (χ3v) is 2.56. The monoisotopic (exact) mass is 242 g/mol. The summed E-state index contributed by atoms with van der Waals surface area (Å²) in [4.78, 5) is 9.96. The molecule has 2 rings (SSSR count). The van der Waals surface area contributed by atoms with E-state index in [0.717, 1.165) is 0 Å². The second-order valence-electron chi connectivity index (χ2n) is 3.30. The number of nitrogens with zero attached hydrogens (tertiary/aromatic N) is 1. The van der Waals surface area contributed by atoms with Crippen molar-refractivity contribution in [1.29, 1.82) is 0 Å². The predicted molar refractivity (Wildman–Crippen MR) is 56.3 cm³/mol. The Hall–Kier alpha value is -1.30. The molecular formula is C10H9ClNO4-. The Morgan fingerprint density at radius 1 is 1.38 bits per heavy atom. The summed E-state index contributed by atoms with van der Waals surface area (Å²) in [5, 5.41) is 11.0. The molecule has 6 heteroatoms. The number of halogens is 1. The predicted octanol–water partition coefficient (Wildman–Crippen LogP) is 2.19. The third kappa shape index (κ3) is 2.27. The molecule has 1 fully saturated rings. The summed E-state index contributed by atoms with van der Waals surface area (Å²) in [6.07, 6.45) is -0.627. The lowest BCUT2D eigenvalue weighted by Crippen LogP contribution is -2.30. The van der Waals surface area contributed by atoms with Gasteiger partial charge in [-0.3, -0.25) is 10.1 Å². The summed E-state index contributed by atoms with van der Waals surface area (Å²) < 4.78 is 10.5. The molecule has 0 atom stereocenters. The highest BCUT2D eigenvalue weighted by Gasteiger charge is 2.22. The van der Waals surface area contributed by atoms with Gasteiger partial charge in [-0.2, -0.15) is 0 Å². The van der Waals surface area contributed by atoms with E-state index in [1.807, 2.05) is 0 Å². The van der Waals surface area contributed by atoms with E-state index in [4.69, 9.17) is 21.1 Å². The van der Waals surface area contributed by atoms with Crippen LogP contribution >= 0.6 is 11.6 Å². The first-order valence-electron chi connectivity index (χ1n) is 4.65. The Bertz CT molecular complexity index is 390. The fourth-order valence-corrected chi connectivity index (χ4v) is 1.61. The lowest BCUT2D eigenvalue weighted by Gasteiger charge is -2.33. The number of ether oxygens (including phenoxy) is 2. The highest BCUT2D eigenvalue weighted by Crippen LogP contribution is 2.30. The molecule has 1 aromatic carbocycles. The topological polar surface area (TPSA) is 61.6 Å². The molecule has 0 spiro atoms. The highest BCUT2D eigenvalue weighted by atomic mass is 35.5. The molecule has 86 valence electrons. The van der Waals surface area contributed by atoms with E-state index >= 15 is 0 Å². The molecule has 1 aromatic rings. The minimum atomic E-state index is -0.627. The molecule has 1 heterocycles. The Morgan fingerprint density at radius 2 is 2.00 bits per heavy atom. The summed E-state index contributed by atoms with van der Waals surface area (Å²) in [6, 6.07) is 7.10. The Kier molecular flexibility index (Phi) is 3.28. The van der Waals surface area contributed by atoms with Gasteiger partial charge in [-0.1, -0.05) is 29.8 Å². The number of rotatable bonds is 2. The molecule has 0 bridgehead atoms. The summed E-state index contributed by atoms with van der Waals surface area (Å²) in [5.74, 6) is 0. The number of hydrogen-bond donors (Lipinski definition) is 0. The van der Waals surface area contributed by atoms with Gasteiger partial charge in [0.2, 0.25) is 0 Å². The SMILES string of the molecule is O=[N+]([O-])[C-]1COC(c2ccccc2Cl)OC1. The van der Waals surface area contributed by atoms with Crippen molar-refractivity contribution in [2.45, 2.75) is 6.29 Å². The van der Waals surface area contributed by atoms with Crippen LogP contribution in [0, 0.1) is 16.2 Å². The van der Waals surface area contributed by atoms with Crippen LogP contribution in [0.25, 0.3) is 0 Å². The van der Waals surface area contributed by atoms with E-state index in [-0.39, 0.29) is 19.3 Å². The Balaban J connectivity index is 2.05. The van der Waals surface area contributed by atoms with Gasteiger partial charge in [0.25, 0.3) is 0 Å². The van der Waals surface area contributed by atoms with Crippen molar-refractivity contribution in [3.8, 4) is 0 Å². The van der Waals surface area contributed by atoms with Crippen LogP contribution in [-0.4, -0.2) is 18.1 Å². The van der Waals surface area contributed by atoms with Gasteiger partial charge in [0.05, 0.1) is 0 Å². The fraction of sp³-hybridized carbons (Fsp3) is 0.300. The normalized spacial score (nSPS) is 17.4. The van der Waals surface area contributed by atoms with Gasteiger partial charge >= 0.3 is 0 Å². The maximum absolute atomic E-state index is 10.4. The maximum atomic E-state index is 10.4. The van der Waals surface area contributed by atoms with E-state index in [9.17, 15) is 10.1 Å². The Morgan fingerprint density at radius 3 is 2.56 bits per heavy atom. The van der Waals surface area contributed by atoms with Gasteiger partial charge in [-0.05, 0) is 6.07 Å². The first-order valence-corrected chi connectivity index (χ1v) is 5.03. The van der Waals surface area contributed by atoms with Gasteiger partial charge in [0, 0.05) is 29.8 Å². The Labute approximate surface area is 97.1 Å². The van der Waals surface area contributed by atoms with Crippen LogP contribution in [0.15, 0.2) is 24.3 Å². The largest absolute Gasteiger partial charge is 0.372 e. The van der Waals surface area contributed by atoms with E-state index in [2.05, 4.69) is 0 Å². The van der Waals surface area contributed by atoms with Gasteiger partial charge in [0.1, 0.15) is 0 Å². The summed E-state index contributed by atoms with van der Waals surface area (Å²) >= 11 is 5.96. The van der Waals surface area contributed by atoms with Crippen LogP contribution in [0.3, 0.4) is 0 Å². The average Bonchev–Trinajstić information content (AvgIpc) is 2.30. The third-order valence-electron chi connectivity index (χ3n) is 2.22. The molecule has 0 amide bonds. The molecule has 0 radical (unpaired) electrons. The van der Waals surface area contributed by atoms with E-state index in [1.54, 1.807) is 24.3 Å². The van der Waals surface area contributed by atoms with Crippen molar-refractivity contribution in [3.63, 3.8) is 0 Å². The summed E-state index contributed by atoms with van der Waals surface area (Å²) in [6.45, 7) is -0.0776. The lowest BCUT2D eigenvalue weighted by atomic mass is 10.2. The van der Waals surface area contributed by atoms with Crippen molar-refractivity contribution >= 4 is 11.6 Å². The summed E-state index contributed by atoms with van der Waals surface area (Å²) in [7, 11) is 0. The molecule has 0 unspecified atom stereocenters. The van der Waals surface area contributed by atoms with Crippen LogP contribution in [0.2, 0.25) is 5.02 Å². The van der Waals surface area contributed by atoms with E-state index in [1.165, 1.54) is 0 Å². The van der Waals surface area contributed by atoms with Crippen LogP contribution in [0.5, 0.6) is 0 Å². The first kappa shape index (κ1) is 11.2. The number of benzene rings is 1. The molecule has 0 saturated carbocycles. The van der Waals surface area contributed by atoms with Crippen LogP contribution in [-0.2, 0) is 9.47 Å². The lowest BCUT2D eigenvalue weighted by molar-refractivity contribution is -0.489. The maximum Gasteiger partial charge on any atom is 0.180 e. The zero-order chi connectivity index (χ0) is 11.5. The molecule has 1 aliphatic heterocycles. The second kappa shape index (κ2) is 4.69.